The predicted octanol–water partition coefficient (Wildman–Crippen LogP) is 5.28. The lowest BCUT2D eigenvalue weighted by atomic mass is 9.46. The summed E-state index contributed by atoms with van der Waals surface area (Å²) in [4.78, 5) is 11.0. The molecular formula is C24H38O3. The molecule has 0 amide bonds. The number of allylic oxidation sites excluding steroid dienone is 2. The molecule has 152 valence electrons. The van der Waals surface area contributed by atoms with Crippen LogP contribution in [0.25, 0.3) is 0 Å². The summed E-state index contributed by atoms with van der Waals surface area (Å²) in [7, 11) is 0. The van der Waals surface area contributed by atoms with Crippen molar-refractivity contribution < 1.29 is 15.0 Å². The van der Waals surface area contributed by atoms with E-state index >= 15 is 0 Å². The fraction of sp³-hybridized carbons (Fsp3) is 0.875. The molecule has 4 aliphatic carbocycles. The SMILES string of the molecule is C[C@H](CCC(=O)O)[C@@H]1CC[C@@H]2[C@@H]3CC[C@@H]4C[C@H](O)CC[C@]4(C)[C@@H]3C=C[C@]21C. The molecule has 0 saturated heterocycles. The average molecular weight is 375 g/mol. The summed E-state index contributed by atoms with van der Waals surface area (Å²) >= 11 is 0. The molecule has 3 heteroatoms. The van der Waals surface area contributed by atoms with E-state index in [2.05, 4.69) is 32.9 Å². The topological polar surface area (TPSA) is 57.5 Å². The minimum absolute atomic E-state index is 0.0802. The molecule has 2 N–H and O–H groups in total. The Morgan fingerprint density at radius 1 is 1.19 bits per heavy atom. The third-order valence-corrected chi connectivity index (χ3v) is 9.64. The van der Waals surface area contributed by atoms with Crippen LogP contribution in [0.15, 0.2) is 12.2 Å². The Morgan fingerprint density at radius 3 is 2.70 bits per heavy atom. The van der Waals surface area contributed by atoms with Crippen LogP contribution in [0.3, 0.4) is 0 Å². The first-order valence-corrected chi connectivity index (χ1v) is 11.3. The second-order valence-corrected chi connectivity index (χ2v) is 10.8. The van der Waals surface area contributed by atoms with Gasteiger partial charge in [0.15, 0.2) is 0 Å². The number of rotatable bonds is 4. The van der Waals surface area contributed by atoms with Crippen molar-refractivity contribution in [2.24, 2.45) is 46.3 Å². The first-order chi connectivity index (χ1) is 12.8. The van der Waals surface area contributed by atoms with Gasteiger partial charge in [0.25, 0.3) is 0 Å². The van der Waals surface area contributed by atoms with Gasteiger partial charge in [0.05, 0.1) is 6.10 Å². The molecule has 0 heterocycles. The Hall–Kier alpha value is -0.830. The van der Waals surface area contributed by atoms with Gasteiger partial charge in [-0.1, -0.05) is 32.9 Å². The van der Waals surface area contributed by atoms with Crippen LogP contribution in [-0.2, 0) is 4.79 Å². The molecule has 3 nitrogen and oxygen atoms in total. The zero-order valence-electron chi connectivity index (χ0n) is 17.4. The van der Waals surface area contributed by atoms with Crippen LogP contribution >= 0.6 is 0 Å². The zero-order valence-corrected chi connectivity index (χ0v) is 17.4. The predicted molar refractivity (Wildman–Crippen MR) is 107 cm³/mol. The maximum atomic E-state index is 11.0. The standard InChI is InChI=1S/C24H38O3/c1-15(4-9-22(26)27)19-7-8-20-18-6-5-16-14-17(25)10-12-23(16,2)21(18)11-13-24(19,20)3/h11,13,15-21,25H,4-10,12,14H2,1-3H3,(H,26,27)/t15-,16-,17-,18+,19+,20-,21-,23+,24+/m1/s1. The third-order valence-electron chi connectivity index (χ3n) is 9.64. The van der Waals surface area contributed by atoms with E-state index in [1.807, 2.05) is 0 Å². The minimum Gasteiger partial charge on any atom is -0.481 e. The number of carbonyl (C=O) groups is 1. The molecule has 0 radical (unpaired) electrons. The average Bonchev–Trinajstić information content (AvgIpc) is 2.97. The summed E-state index contributed by atoms with van der Waals surface area (Å²) in [6, 6.07) is 0. The molecule has 0 unspecified atom stereocenters. The van der Waals surface area contributed by atoms with Gasteiger partial charge in [0, 0.05) is 6.42 Å². The molecule has 0 aliphatic heterocycles. The van der Waals surface area contributed by atoms with Crippen LogP contribution in [0, 0.1) is 46.3 Å². The van der Waals surface area contributed by atoms with Crippen LogP contribution in [0.5, 0.6) is 0 Å². The van der Waals surface area contributed by atoms with Crippen LogP contribution in [0.1, 0.15) is 78.6 Å². The quantitative estimate of drug-likeness (QED) is 0.658. The number of hydrogen-bond donors (Lipinski definition) is 2. The van der Waals surface area contributed by atoms with Gasteiger partial charge >= 0.3 is 5.97 Å². The summed E-state index contributed by atoms with van der Waals surface area (Å²) in [5.74, 6) is 3.35. The zero-order chi connectivity index (χ0) is 19.4. The van der Waals surface area contributed by atoms with Gasteiger partial charge in [0.2, 0.25) is 0 Å². The third kappa shape index (κ3) is 3.09. The van der Waals surface area contributed by atoms with Crippen molar-refractivity contribution in [1.82, 2.24) is 0 Å². The lowest BCUT2D eigenvalue weighted by molar-refractivity contribution is -0.137. The summed E-state index contributed by atoms with van der Waals surface area (Å²) < 4.78 is 0. The largest absolute Gasteiger partial charge is 0.481 e. The Bertz CT molecular complexity index is 613. The molecule has 4 rings (SSSR count). The molecular weight excluding hydrogens is 336 g/mol. The van der Waals surface area contributed by atoms with Gasteiger partial charge in [-0.25, -0.2) is 0 Å². The molecule has 0 spiro atoms. The van der Waals surface area contributed by atoms with E-state index in [1.54, 1.807) is 0 Å². The van der Waals surface area contributed by atoms with Crippen molar-refractivity contribution >= 4 is 5.97 Å². The van der Waals surface area contributed by atoms with Crippen LogP contribution in [0.2, 0.25) is 0 Å². The first kappa shape index (κ1) is 19.5. The van der Waals surface area contributed by atoms with Crippen molar-refractivity contribution in [3.8, 4) is 0 Å². The van der Waals surface area contributed by atoms with Gasteiger partial charge in [0.1, 0.15) is 0 Å². The number of aliphatic carboxylic acids is 1. The maximum absolute atomic E-state index is 11.0. The minimum atomic E-state index is -0.661. The van der Waals surface area contributed by atoms with E-state index in [0.717, 1.165) is 31.1 Å². The van der Waals surface area contributed by atoms with E-state index in [9.17, 15) is 9.90 Å². The number of carboxylic acids is 1. The summed E-state index contributed by atoms with van der Waals surface area (Å²) in [5.41, 5.74) is 0.615. The van der Waals surface area contributed by atoms with E-state index in [-0.39, 0.29) is 11.5 Å². The smallest absolute Gasteiger partial charge is 0.303 e. The van der Waals surface area contributed by atoms with Gasteiger partial charge in [-0.05, 0) is 97.7 Å². The first-order valence-electron chi connectivity index (χ1n) is 11.3. The highest BCUT2D eigenvalue weighted by atomic mass is 16.4. The monoisotopic (exact) mass is 374 g/mol. The van der Waals surface area contributed by atoms with Crippen molar-refractivity contribution in [1.29, 1.82) is 0 Å². The highest BCUT2D eigenvalue weighted by molar-refractivity contribution is 5.66. The van der Waals surface area contributed by atoms with E-state index in [0.29, 0.717) is 35.5 Å². The summed E-state index contributed by atoms with van der Waals surface area (Å²) in [6.45, 7) is 7.26. The Labute approximate surface area is 164 Å². The van der Waals surface area contributed by atoms with Crippen molar-refractivity contribution in [3.05, 3.63) is 12.2 Å². The van der Waals surface area contributed by atoms with Gasteiger partial charge < -0.3 is 10.2 Å². The number of carboxylic acid groups (broad SMARTS) is 1. The Kier molecular flexibility index (Phi) is 4.98. The highest BCUT2D eigenvalue weighted by Gasteiger charge is 2.58. The van der Waals surface area contributed by atoms with E-state index in [1.165, 1.54) is 32.1 Å². The fourth-order valence-electron chi connectivity index (χ4n) is 8.10. The number of fused-ring (bicyclic) bond motifs is 5. The molecule has 27 heavy (non-hydrogen) atoms. The number of hydrogen-bond acceptors (Lipinski definition) is 2. The molecule has 0 aromatic carbocycles. The Morgan fingerprint density at radius 2 is 1.96 bits per heavy atom. The molecule has 3 saturated carbocycles. The van der Waals surface area contributed by atoms with Gasteiger partial charge in [-0.2, -0.15) is 0 Å². The second-order valence-electron chi connectivity index (χ2n) is 10.8. The number of aliphatic hydroxyl groups excluding tert-OH is 1. The molecule has 0 aromatic rings. The van der Waals surface area contributed by atoms with Crippen LogP contribution in [0.4, 0.5) is 0 Å². The van der Waals surface area contributed by atoms with Crippen molar-refractivity contribution in [2.45, 2.75) is 84.7 Å². The number of aliphatic hydroxyl groups is 1. The second kappa shape index (κ2) is 6.90. The maximum Gasteiger partial charge on any atom is 0.303 e. The van der Waals surface area contributed by atoms with E-state index in [4.69, 9.17) is 5.11 Å². The van der Waals surface area contributed by atoms with Gasteiger partial charge in [-0.15, -0.1) is 0 Å². The molecule has 0 bridgehead atoms. The Balaban J connectivity index is 1.56. The molecule has 3 fully saturated rings. The lowest BCUT2D eigenvalue weighted by Gasteiger charge is -2.58. The van der Waals surface area contributed by atoms with Crippen molar-refractivity contribution in [3.63, 3.8) is 0 Å². The molecule has 0 aromatic heterocycles. The summed E-state index contributed by atoms with van der Waals surface area (Å²) in [6.07, 6.45) is 14.5. The highest BCUT2D eigenvalue weighted by Crippen LogP contribution is 2.66. The van der Waals surface area contributed by atoms with Gasteiger partial charge in [-0.3, -0.25) is 4.79 Å². The van der Waals surface area contributed by atoms with E-state index < -0.39 is 5.97 Å². The lowest BCUT2D eigenvalue weighted by Crippen LogP contribution is -2.52. The molecule has 4 aliphatic rings. The van der Waals surface area contributed by atoms with Crippen LogP contribution < -0.4 is 0 Å². The van der Waals surface area contributed by atoms with Crippen molar-refractivity contribution in [2.75, 3.05) is 0 Å². The normalized spacial score (nSPS) is 49.8. The fourth-order valence-corrected chi connectivity index (χ4v) is 8.10. The van der Waals surface area contributed by atoms with Crippen LogP contribution in [-0.4, -0.2) is 22.3 Å². The summed E-state index contributed by atoms with van der Waals surface area (Å²) in [5, 5.41) is 19.3. The molecule has 9 atom stereocenters.